The summed E-state index contributed by atoms with van der Waals surface area (Å²) in [4.78, 5) is 25.0. The molecule has 0 fully saturated rings. The minimum absolute atomic E-state index is 0.159. The molecule has 0 saturated carbocycles. The molecule has 1 aromatic heterocycles. The van der Waals surface area contributed by atoms with Crippen LogP contribution in [0.5, 0.6) is 11.5 Å². The number of halogens is 1. The van der Waals surface area contributed by atoms with Gasteiger partial charge in [-0.2, -0.15) is 0 Å². The van der Waals surface area contributed by atoms with Crippen molar-refractivity contribution in [3.63, 3.8) is 0 Å². The first-order chi connectivity index (χ1) is 15.0. The van der Waals surface area contributed by atoms with Gasteiger partial charge in [-0.1, -0.05) is 30.3 Å². The number of Topliss-reactive ketones (excluding diaryl/α,β-unsaturated/α-hetero) is 1. The molecular weight excluding hydrogens is 397 g/mol. The number of rotatable bonds is 3. The average molecular weight is 413 g/mol. The molecule has 0 spiro atoms. The molecule has 0 saturated heterocycles. The van der Waals surface area contributed by atoms with E-state index in [0.29, 0.717) is 5.56 Å². The second-order valence-corrected chi connectivity index (χ2v) is 7.18. The number of hydrogen-bond donors (Lipinski definition) is 0. The Hall–Kier alpha value is -4.19. The summed E-state index contributed by atoms with van der Waals surface area (Å²) in [5.41, 5.74) is 2.11. The fourth-order valence-electron chi connectivity index (χ4n) is 3.65. The lowest BCUT2D eigenvalue weighted by atomic mass is 10.1. The summed E-state index contributed by atoms with van der Waals surface area (Å²) in [6.45, 7) is 0. The number of esters is 1. The van der Waals surface area contributed by atoms with Crippen LogP contribution in [0, 0.1) is 5.82 Å². The van der Waals surface area contributed by atoms with E-state index in [0.717, 1.165) is 16.5 Å². The number of benzene rings is 3. The molecule has 0 atom stereocenters. The van der Waals surface area contributed by atoms with Crippen molar-refractivity contribution in [3.8, 4) is 11.5 Å². The van der Waals surface area contributed by atoms with E-state index in [4.69, 9.17) is 9.47 Å². The number of carbonyl (C=O) groups excluding carboxylic acids is 2. The zero-order chi connectivity index (χ0) is 21.5. The summed E-state index contributed by atoms with van der Waals surface area (Å²) in [5, 5.41) is 1.00. The van der Waals surface area contributed by atoms with Crippen LogP contribution in [0.2, 0.25) is 0 Å². The van der Waals surface area contributed by atoms with Gasteiger partial charge in [0.25, 0.3) is 0 Å². The third kappa shape index (κ3) is 3.28. The highest BCUT2D eigenvalue weighted by atomic mass is 19.1. The molecule has 0 N–H and O–H groups in total. The number of carbonyl (C=O) groups is 2. The number of nitrogens with zero attached hydrogens (tertiary/aromatic N) is 1. The number of aromatic nitrogens is 1. The van der Waals surface area contributed by atoms with E-state index in [-0.39, 0.29) is 28.6 Å². The van der Waals surface area contributed by atoms with Gasteiger partial charge >= 0.3 is 5.97 Å². The highest BCUT2D eigenvalue weighted by Crippen LogP contribution is 2.36. The van der Waals surface area contributed by atoms with Gasteiger partial charge in [-0.3, -0.25) is 4.79 Å². The second-order valence-electron chi connectivity index (χ2n) is 7.18. The van der Waals surface area contributed by atoms with Crippen LogP contribution in [-0.4, -0.2) is 16.3 Å². The minimum Gasteiger partial charge on any atom is -0.452 e. The molecule has 5 rings (SSSR count). The van der Waals surface area contributed by atoms with Crippen molar-refractivity contribution < 1.29 is 23.5 Å². The third-order valence-corrected chi connectivity index (χ3v) is 5.16. The predicted octanol–water partition coefficient (Wildman–Crippen LogP) is 5.15. The maximum Gasteiger partial charge on any atom is 0.346 e. The molecule has 5 nitrogen and oxygen atoms in total. The number of para-hydroxylation sites is 1. The highest BCUT2D eigenvalue weighted by molar-refractivity contribution is 6.15. The van der Waals surface area contributed by atoms with E-state index < -0.39 is 11.8 Å². The Bertz CT molecular complexity index is 1400. The van der Waals surface area contributed by atoms with Gasteiger partial charge in [0.2, 0.25) is 5.78 Å². The van der Waals surface area contributed by atoms with Crippen molar-refractivity contribution in [2.75, 3.05) is 0 Å². The van der Waals surface area contributed by atoms with Crippen LogP contribution in [-0.2, 0) is 7.05 Å². The van der Waals surface area contributed by atoms with Gasteiger partial charge in [0.15, 0.2) is 5.76 Å². The van der Waals surface area contributed by atoms with Gasteiger partial charge in [0.1, 0.15) is 17.3 Å². The molecule has 3 aromatic carbocycles. The number of allylic oxidation sites excluding steroid dienone is 1. The van der Waals surface area contributed by atoms with E-state index in [2.05, 4.69) is 0 Å². The zero-order valence-corrected chi connectivity index (χ0v) is 16.5. The Morgan fingerprint density at radius 2 is 1.84 bits per heavy atom. The van der Waals surface area contributed by atoms with E-state index in [1.165, 1.54) is 36.4 Å². The van der Waals surface area contributed by atoms with E-state index in [1.807, 2.05) is 42.1 Å². The van der Waals surface area contributed by atoms with Gasteiger partial charge < -0.3 is 14.0 Å². The second kappa shape index (κ2) is 7.25. The number of aryl methyl sites for hydroxylation is 1. The van der Waals surface area contributed by atoms with Crippen molar-refractivity contribution in [3.05, 3.63) is 101 Å². The topological polar surface area (TPSA) is 57.5 Å². The quantitative estimate of drug-likeness (QED) is 0.265. The van der Waals surface area contributed by atoms with Crippen molar-refractivity contribution >= 4 is 28.7 Å². The van der Waals surface area contributed by atoms with Gasteiger partial charge in [0, 0.05) is 35.8 Å². The van der Waals surface area contributed by atoms with Crippen LogP contribution in [0.15, 0.2) is 78.7 Å². The molecule has 1 aliphatic heterocycles. The molecule has 1 aliphatic rings. The summed E-state index contributed by atoms with van der Waals surface area (Å²) in [6.07, 6.45) is 3.63. The van der Waals surface area contributed by atoms with Crippen LogP contribution < -0.4 is 9.47 Å². The minimum atomic E-state index is -0.825. The van der Waals surface area contributed by atoms with Gasteiger partial charge in [0.05, 0.1) is 11.1 Å². The Labute approximate surface area is 176 Å². The van der Waals surface area contributed by atoms with Crippen LogP contribution >= 0.6 is 0 Å². The first-order valence-electron chi connectivity index (χ1n) is 9.60. The molecule has 0 amide bonds. The fraction of sp³-hybridized carbons (Fsp3) is 0.0400. The van der Waals surface area contributed by atoms with Gasteiger partial charge in [-0.05, 0) is 36.4 Å². The standard InChI is InChI=1S/C25H16FNO4/c1-27-14-15(17-6-3-5-9-21(17)27)12-23-24(28)19-11-10-16(13-22(19)31-23)30-25(29)18-7-2-4-8-20(18)26/h2-14H,1H3. The maximum absolute atomic E-state index is 13.8. The molecule has 2 heterocycles. The Kier molecular flexibility index (Phi) is 4.40. The van der Waals surface area contributed by atoms with E-state index >= 15 is 0 Å². The number of hydrogen-bond acceptors (Lipinski definition) is 4. The lowest BCUT2D eigenvalue weighted by Crippen LogP contribution is -2.10. The Balaban J connectivity index is 1.43. The first kappa shape index (κ1) is 18.8. The summed E-state index contributed by atoms with van der Waals surface area (Å²) in [6, 6.07) is 17.9. The fourth-order valence-corrected chi connectivity index (χ4v) is 3.65. The predicted molar refractivity (Wildman–Crippen MR) is 114 cm³/mol. The highest BCUT2D eigenvalue weighted by Gasteiger charge is 2.28. The molecule has 6 heteroatoms. The van der Waals surface area contributed by atoms with Gasteiger partial charge in [-0.25, -0.2) is 9.18 Å². The van der Waals surface area contributed by atoms with Gasteiger partial charge in [-0.15, -0.1) is 0 Å². The van der Waals surface area contributed by atoms with Crippen LogP contribution in [0.3, 0.4) is 0 Å². The van der Waals surface area contributed by atoms with Crippen molar-refractivity contribution in [2.45, 2.75) is 0 Å². The summed E-state index contributed by atoms with van der Waals surface area (Å²) >= 11 is 0. The van der Waals surface area contributed by atoms with E-state index in [9.17, 15) is 14.0 Å². The normalized spacial score (nSPS) is 14.0. The molecule has 0 bridgehead atoms. The molecule has 4 aromatic rings. The SMILES string of the molecule is Cn1cc(C=C2Oc3cc(OC(=O)c4ccccc4F)ccc3C2=O)c2ccccc21. The van der Waals surface area contributed by atoms with Crippen LogP contribution in [0.25, 0.3) is 17.0 Å². The zero-order valence-electron chi connectivity index (χ0n) is 16.5. The summed E-state index contributed by atoms with van der Waals surface area (Å²) < 4.78 is 26.8. The number of ether oxygens (including phenoxy) is 2. The maximum atomic E-state index is 13.8. The number of fused-ring (bicyclic) bond motifs is 2. The Morgan fingerprint density at radius 3 is 2.68 bits per heavy atom. The molecule has 0 aliphatic carbocycles. The monoisotopic (exact) mass is 413 g/mol. The molecule has 152 valence electrons. The lowest BCUT2D eigenvalue weighted by Gasteiger charge is -2.06. The van der Waals surface area contributed by atoms with Crippen molar-refractivity contribution in [1.82, 2.24) is 4.57 Å². The summed E-state index contributed by atoms with van der Waals surface area (Å²) in [7, 11) is 1.94. The summed E-state index contributed by atoms with van der Waals surface area (Å²) in [5.74, 6) is -1.12. The van der Waals surface area contributed by atoms with Crippen LogP contribution in [0.4, 0.5) is 4.39 Å². The molecule has 0 radical (unpaired) electrons. The molecule has 31 heavy (non-hydrogen) atoms. The smallest absolute Gasteiger partial charge is 0.346 e. The molecular formula is C25H16FNO4. The van der Waals surface area contributed by atoms with Crippen molar-refractivity contribution in [1.29, 1.82) is 0 Å². The van der Waals surface area contributed by atoms with E-state index in [1.54, 1.807) is 12.1 Å². The average Bonchev–Trinajstić information content (AvgIpc) is 3.25. The largest absolute Gasteiger partial charge is 0.452 e. The number of ketones is 1. The lowest BCUT2D eigenvalue weighted by molar-refractivity contribution is 0.0729. The molecule has 0 unspecified atom stereocenters. The van der Waals surface area contributed by atoms with Crippen LogP contribution in [0.1, 0.15) is 26.3 Å². The van der Waals surface area contributed by atoms with Crippen molar-refractivity contribution in [2.24, 2.45) is 7.05 Å². The Morgan fingerprint density at radius 1 is 1.06 bits per heavy atom. The third-order valence-electron chi connectivity index (χ3n) is 5.16. The first-order valence-corrected chi connectivity index (χ1v) is 9.60.